The van der Waals surface area contributed by atoms with Gasteiger partial charge in [0.1, 0.15) is 0 Å². The van der Waals surface area contributed by atoms with Crippen LogP contribution in [0.2, 0.25) is 5.02 Å². The summed E-state index contributed by atoms with van der Waals surface area (Å²) in [4.78, 5) is 17.4. The number of para-hydroxylation sites is 1. The summed E-state index contributed by atoms with van der Waals surface area (Å²) in [5, 5.41) is 3.77. The van der Waals surface area contributed by atoms with Crippen molar-refractivity contribution in [3.63, 3.8) is 0 Å². The first kappa shape index (κ1) is 20.3. The second-order valence-corrected chi connectivity index (χ2v) is 7.91. The number of hydrogen-bond acceptors (Lipinski definition) is 5. The molecule has 5 nitrogen and oxygen atoms in total. The van der Waals surface area contributed by atoms with E-state index in [1.165, 1.54) is 11.8 Å². The molecule has 2 aromatic rings. The molecule has 1 heterocycles. The molecule has 0 spiro atoms. The van der Waals surface area contributed by atoms with Crippen molar-refractivity contribution in [3.05, 3.63) is 57.5 Å². The fraction of sp³-hybridized carbons (Fsp3) is 0.238. The van der Waals surface area contributed by atoms with Crippen LogP contribution in [0.3, 0.4) is 0 Å². The lowest BCUT2D eigenvalue weighted by atomic mass is 10.1. The molecule has 3 rings (SSSR count). The fourth-order valence-electron chi connectivity index (χ4n) is 2.60. The van der Waals surface area contributed by atoms with E-state index in [2.05, 4.69) is 10.3 Å². The Hall–Kier alpha value is -2.44. The molecule has 1 N–H and O–H groups in total. The van der Waals surface area contributed by atoms with Crippen LogP contribution in [0.4, 0.5) is 5.69 Å². The molecule has 0 bridgehead atoms. The van der Waals surface area contributed by atoms with E-state index in [-0.39, 0.29) is 12.0 Å². The molecule has 0 aromatic heterocycles. The van der Waals surface area contributed by atoms with Gasteiger partial charge in [-0.1, -0.05) is 29.8 Å². The van der Waals surface area contributed by atoms with E-state index >= 15 is 0 Å². The number of ether oxygens (including phenoxy) is 2. The van der Waals surface area contributed by atoms with Crippen LogP contribution in [0, 0.1) is 6.92 Å². The standard InChI is InChI=1S/C21H21ClN2O3S/c1-12(2)27-19-15(22)9-14(10-17(19)26-4)11-18-20(25)24-21(28-18)23-16-8-6-5-7-13(16)3/h5-12H,1-4H3,(H,23,24,25)/b18-11+. The van der Waals surface area contributed by atoms with Gasteiger partial charge < -0.3 is 14.8 Å². The molecule has 1 aliphatic heterocycles. The molecule has 146 valence electrons. The van der Waals surface area contributed by atoms with Gasteiger partial charge in [-0.15, -0.1) is 0 Å². The Morgan fingerprint density at radius 3 is 2.68 bits per heavy atom. The highest BCUT2D eigenvalue weighted by Crippen LogP contribution is 2.38. The van der Waals surface area contributed by atoms with Gasteiger partial charge in [-0.25, -0.2) is 4.99 Å². The van der Waals surface area contributed by atoms with E-state index in [1.54, 1.807) is 25.3 Å². The highest BCUT2D eigenvalue weighted by Gasteiger charge is 2.24. The van der Waals surface area contributed by atoms with Crippen LogP contribution >= 0.6 is 23.4 Å². The van der Waals surface area contributed by atoms with Crippen molar-refractivity contribution in [1.82, 2.24) is 5.32 Å². The molecule has 1 aliphatic rings. The third-order valence-electron chi connectivity index (χ3n) is 3.89. The molecular formula is C21H21ClN2O3S. The lowest BCUT2D eigenvalue weighted by Crippen LogP contribution is -2.19. The van der Waals surface area contributed by atoms with Gasteiger partial charge in [-0.3, -0.25) is 4.79 Å². The number of nitrogens with zero attached hydrogens (tertiary/aromatic N) is 1. The third kappa shape index (κ3) is 4.69. The maximum atomic E-state index is 12.3. The van der Waals surface area contributed by atoms with Crippen LogP contribution < -0.4 is 14.8 Å². The molecule has 0 radical (unpaired) electrons. The van der Waals surface area contributed by atoms with Gasteiger partial charge in [0.15, 0.2) is 16.7 Å². The van der Waals surface area contributed by atoms with Crippen molar-refractivity contribution in [3.8, 4) is 11.5 Å². The minimum Gasteiger partial charge on any atom is -0.493 e. The van der Waals surface area contributed by atoms with E-state index < -0.39 is 0 Å². The average molecular weight is 417 g/mol. The molecule has 1 saturated heterocycles. The summed E-state index contributed by atoms with van der Waals surface area (Å²) in [7, 11) is 1.56. The van der Waals surface area contributed by atoms with Crippen molar-refractivity contribution >= 4 is 46.2 Å². The summed E-state index contributed by atoms with van der Waals surface area (Å²) in [5.74, 6) is 0.812. The summed E-state index contributed by atoms with van der Waals surface area (Å²) in [5.41, 5.74) is 2.61. The van der Waals surface area contributed by atoms with Crippen molar-refractivity contribution in [2.24, 2.45) is 4.99 Å². The lowest BCUT2D eigenvalue weighted by Gasteiger charge is -2.15. The molecule has 2 aromatic carbocycles. The maximum Gasteiger partial charge on any atom is 0.264 e. The number of carbonyl (C=O) groups is 1. The maximum absolute atomic E-state index is 12.3. The number of aliphatic imine (C=N–C) groups is 1. The SMILES string of the molecule is COc1cc(/C=C2/SC(=Nc3ccccc3C)NC2=O)cc(Cl)c1OC(C)C. The van der Waals surface area contributed by atoms with Crippen LogP contribution in [0.1, 0.15) is 25.0 Å². The van der Waals surface area contributed by atoms with Crippen LogP contribution in [0.15, 0.2) is 46.3 Å². The number of amidine groups is 1. The second kappa shape index (κ2) is 8.71. The number of benzene rings is 2. The summed E-state index contributed by atoms with van der Waals surface area (Å²) < 4.78 is 11.1. The largest absolute Gasteiger partial charge is 0.493 e. The molecule has 0 atom stereocenters. The van der Waals surface area contributed by atoms with E-state index in [0.717, 1.165) is 16.8 Å². The summed E-state index contributed by atoms with van der Waals surface area (Å²) >= 11 is 7.65. The Morgan fingerprint density at radius 2 is 2.00 bits per heavy atom. The van der Waals surface area contributed by atoms with E-state index in [0.29, 0.717) is 26.6 Å². The van der Waals surface area contributed by atoms with E-state index in [9.17, 15) is 4.79 Å². The minimum atomic E-state index is -0.199. The molecule has 0 unspecified atom stereocenters. The number of aryl methyl sites for hydroxylation is 1. The number of rotatable bonds is 5. The van der Waals surface area contributed by atoms with Gasteiger partial charge in [0.25, 0.3) is 5.91 Å². The lowest BCUT2D eigenvalue weighted by molar-refractivity contribution is -0.115. The van der Waals surface area contributed by atoms with Crippen LogP contribution in [-0.4, -0.2) is 24.3 Å². The third-order valence-corrected chi connectivity index (χ3v) is 5.08. The number of nitrogens with one attached hydrogen (secondary N) is 1. The van der Waals surface area contributed by atoms with Gasteiger partial charge in [0, 0.05) is 0 Å². The van der Waals surface area contributed by atoms with E-state index in [1.807, 2.05) is 45.0 Å². The number of amides is 1. The van der Waals surface area contributed by atoms with Gasteiger partial charge >= 0.3 is 0 Å². The monoisotopic (exact) mass is 416 g/mol. The Kier molecular flexibility index (Phi) is 6.31. The molecule has 1 amide bonds. The highest BCUT2D eigenvalue weighted by atomic mass is 35.5. The highest BCUT2D eigenvalue weighted by molar-refractivity contribution is 8.18. The molecule has 0 saturated carbocycles. The Labute approximate surface area is 173 Å². The zero-order valence-electron chi connectivity index (χ0n) is 16.1. The quantitative estimate of drug-likeness (QED) is 0.668. The zero-order chi connectivity index (χ0) is 20.3. The first-order valence-corrected chi connectivity index (χ1v) is 9.96. The smallest absolute Gasteiger partial charge is 0.264 e. The molecule has 1 fully saturated rings. The predicted octanol–water partition coefficient (Wildman–Crippen LogP) is 5.34. The molecule has 7 heteroatoms. The minimum absolute atomic E-state index is 0.0352. The molecule has 0 aliphatic carbocycles. The number of thioether (sulfide) groups is 1. The topological polar surface area (TPSA) is 59.9 Å². The van der Waals surface area contributed by atoms with E-state index in [4.69, 9.17) is 21.1 Å². The molecular weight excluding hydrogens is 396 g/mol. The number of methoxy groups -OCH3 is 1. The summed E-state index contributed by atoms with van der Waals surface area (Å²) in [6.07, 6.45) is 1.72. The fourth-order valence-corrected chi connectivity index (χ4v) is 3.70. The van der Waals surface area contributed by atoms with Gasteiger partial charge in [-0.05, 0) is 67.9 Å². The van der Waals surface area contributed by atoms with Crippen molar-refractivity contribution in [2.75, 3.05) is 7.11 Å². The summed E-state index contributed by atoms with van der Waals surface area (Å²) in [6, 6.07) is 11.3. The summed E-state index contributed by atoms with van der Waals surface area (Å²) in [6.45, 7) is 5.81. The van der Waals surface area contributed by atoms with Gasteiger partial charge in [0.2, 0.25) is 0 Å². The number of hydrogen-bond donors (Lipinski definition) is 1. The van der Waals surface area contributed by atoms with Crippen molar-refractivity contribution in [2.45, 2.75) is 26.9 Å². The van der Waals surface area contributed by atoms with Gasteiger partial charge in [-0.2, -0.15) is 0 Å². The number of carbonyl (C=O) groups excluding carboxylic acids is 1. The van der Waals surface area contributed by atoms with Crippen LogP contribution in [-0.2, 0) is 4.79 Å². The van der Waals surface area contributed by atoms with Crippen molar-refractivity contribution in [1.29, 1.82) is 0 Å². The molecule has 28 heavy (non-hydrogen) atoms. The normalized spacial score (nSPS) is 16.7. The average Bonchev–Trinajstić information content (AvgIpc) is 2.98. The van der Waals surface area contributed by atoms with Crippen LogP contribution in [0.5, 0.6) is 11.5 Å². The predicted molar refractivity (Wildman–Crippen MR) is 116 cm³/mol. The number of halogens is 1. The second-order valence-electron chi connectivity index (χ2n) is 6.47. The Bertz CT molecular complexity index is 970. The van der Waals surface area contributed by atoms with Gasteiger partial charge in [0.05, 0.1) is 28.8 Å². The Balaban J connectivity index is 1.88. The van der Waals surface area contributed by atoms with Crippen LogP contribution in [0.25, 0.3) is 6.08 Å². The zero-order valence-corrected chi connectivity index (χ0v) is 17.6. The Morgan fingerprint density at radius 1 is 1.25 bits per heavy atom. The first-order chi connectivity index (χ1) is 13.4. The van der Waals surface area contributed by atoms with Crippen molar-refractivity contribution < 1.29 is 14.3 Å². The first-order valence-electron chi connectivity index (χ1n) is 8.76.